The van der Waals surface area contributed by atoms with Gasteiger partial charge in [-0.2, -0.15) is 4.80 Å². The zero-order valence-electron chi connectivity index (χ0n) is 12.4. The third kappa shape index (κ3) is 2.87. The fourth-order valence-corrected chi connectivity index (χ4v) is 2.35. The van der Waals surface area contributed by atoms with Crippen molar-refractivity contribution in [2.75, 3.05) is 0 Å². The van der Waals surface area contributed by atoms with Crippen molar-refractivity contribution in [1.29, 1.82) is 0 Å². The average molecular weight is 298 g/mol. The van der Waals surface area contributed by atoms with Crippen LogP contribution in [0.5, 0.6) is 0 Å². The Morgan fingerprint density at radius 2 is 1.43 bits per heavy atom. The van der Waals surface area contributed by atoms with Crippen LogP contribution < -0.4 is 0 Å². The highest BCUT2D eigenvalue weighted by atomic mass is 15.5. The Hall–Kier alpha value is -3.27. The molecule has 0 aliphatic carbocycles. The van der Waals surface area contributed by atoms with Gasteiger partial charge in [0.25, 0.3) is 0 Å². The summed E-state index contributed by atoms with van der Waals surface area (Å²) < 4.78 is 0. The van der Waals surface area contributed by atoms with Gasteiger partial charge >= 0.3 is 0 Å². The van der Waals surface area contributed by atoms with Gasteiger partial charge in [0.1, 0.15) is 11.0 Å². The summed E-state index contributed by atoms with van der Waals surface area (Å²) in [6, 6.07) is 25.7. The van der Waals surface area contributed by atoms with Crippen LogP contribution in [0.4, 0.5) is 5.69 Å². The van der Waals surface area contributed by atoms with Gasteiger partial charge < -0.3 is 0 Å². The fourth-order valence-electron chi connectivity index (χ4n) is 2.35. The zero-order valence-corrected chi connectivity index (χ0v) is 12.4. The number of hydrogen-bond acceptors (Lipinski definition) is 3. The van der Waals surface area contributed by atoms with E-state index >= 15 is 0 Å². The molecule has 0 atom stereocenters. The number of rotatable bonds is 3. The Kier molecular flexibility index (Phi) is 3.41. The highest BCUT2D eigenvalue weighted by Gasteiger charge is 2.04. The first-order chi connectivity index (χ1) is 11.4. The summed E-state index contributed by atoms with van der Waals surface area (Å²) in [6.07, 6.45) is 1.85. The summed E-state index contributed by atoms with van der Waals surface area (Å²) in [7, 11) is 0. The van der Waals surface area contributed by atoms with Gasteiger partial charge in [-0.1, -0.05) is 48.5 Å². The first-order valence-corrected chi connectivity index (χ1v) is 7.40. The molecular weight excluding hydrogens is 284 g/mol. The highest BCUT2D eigenvalue weighted by molar-refractivity contribution is 5.84. The molecule has 0 saturated carbocycles. The van der Waals surface area contributed by atoms with Crippen LogP contribution in [0.3, 0.4) is 0 Å². The van der Waals surface area contributed by atoms with Gasteiger partial charge in [-0.15, -0.1) is 10.2 Å². The van der Waals surface area contributed by atoms with Crippen molar-refractivity contribution in [3.05, 3.63) is 84.4 Å². The first-order valence-electron chi connectivity index (χ1n) is 7.40. The Morgan fingerprint density at radius 1 is 0.739 bits per heavy atom. The van der Waals surface area contributed by atoms with Crippen LogP contribution in [0.15, 0.2) is 83.9 Å². The molecule has 1 aromatic heterocycles. The number of benzene rings is 3. The molecule has 0 unspecified atom stereocenters. The fraction of sp³-hybridized carbons (Fsp3) is 0. The molecule has 4 rings (SSSR count). The zero-order chi connectivity index (χ0) is 15.5. The van der Waals surface area contributed by atoms with Crippen LogP contribution in [0.1, 0.15) is 5.56 Å². The van der Waals surface area contributed by atoms with E-state index in [0.29, 0.717) is 0 Å². The molecule has 110 valence electrons. The molecule has 0 aliphatic heterocycles. The second-order valence-corrected chi connectivity index (χ2v) is 5.17. The lowest BCUT2D eigenvalue weighted by molar-refractivity contribution is 0.766. The van der Waals surface area contributed by atoms with Crippen molar-refractivity contribution in [1.82, 2.24) is 15.0 Å². The number of hydrogen-bond donors (Lipinski definition) is 0. The second-order valence-electron chi connectivity index (χ2n) is 5.17. The molecule has 0 bridgehead atoms. The number of aliphatic imine (C=N–C) groups is 1. The van der Waals surface area contributed by atoms with E-state index in [0.717, 1.165) is 28.0 Å². The molecule has 0 fully saturated rings. The molecule has 4 heteroatoms. The van der Waals surface area contributed by atoms with Crippen molar-refractivity contribution in [3.63, 3.8) is 0 Å². The van der Waals surface area contributed by atoms with E-state index in [9.17, 15) is 0 Å². The molecule has 0 N–H and O–H groups in total. The topological polar surface area (TPSA) is 43.1 Å². The highest BCUT2D eigenvalue weighted by Crippen LogP contribution is 2.19. The van der Waals surface area contributed by atoms with Crippen LogP contribution >= 0.6 is 0 Å². The van der Waals surface area contributed by atoms with E-state index in [4.69, 9.17) is 0 Å². The maximum absolute atomic E-state index is 4.53. The Morgan fingerprint density at radius 3 is 2.22 bits per heavy atom. The first kappa shape index (κ1) is 13.4. The molecule has 1 heterocycles. The minimum atomic E-state index is 0.830. The molecule has 4 nitrogen and oxygen atoms in total. The summed E-state index contributed by atoms with van der Waals surface area (Å²) in [5.74, 6) is 0. The number of nitrogens with zero attached hydrogens (tertiary/aromatic N) is 4. The van der Waals surface area contributed by atoms with Gasteiger partial charge in [0, 0.05) is 6.21 Å². The summed E-state index contributed by atoms with van der Waals surface area (Å²) in [5, 5.41) is 9.03. The van der Waals surface area contributed by atoms with E-state index in [1.54, 1.807) is 4.80 Å². The van der Waals surface area contributed by atoms with Crippen molar-refractivity contribution >= 4 is 22.9 Å². The van der Waals surface area contributed by atoms with Crippen LogP contribution in [0, 0.1) is 0 Å². The quantitative estimate of drug-likeness (QED) is 0.533. The van der Waals surface area contributed by atoms with Crippen molar-refractivity contribution in [3.8, 4) is 5.69 Å². The van der Waals surface area contributed by atoms with Gasteiger partial charge in [0.05, 0.1) is 11.4 Å². The maximum Gasteiger partial charge on any atom is 0.115 e. The van der Waals surface area contributed by atoms with Crippen LogP contribution in [0.25, 0.3) is 16.7 Å². The third-order valence-corrected chi connectivity index (χ3v) is 3.51. The predicted octanol–water partition coefficient (Wildman–Crippen LogP) is 4.17. The summed E-state index contributed by atoms with van der Waals surface area (Å²) in [5.41, 5.74) is 4.56. The van der Waals surface area contributed by atoms with Gasteiger partial charge in [-0.05, 0) is 35.9 Å². The number of aromatic nitrogens is 3. The van der Waals surface area contributed by atoms with Gasteiger partial charge in [-0.3, -0.25) is 4.99 Å². The van der Waals surface area contributed by atoms with Gasteiger partial charge in [0.15, 0.2) is 0 Å². The van der Waals surface area contributed by atoms with Gasteiger partial charge in [0.2, 0.25) is 0 Å². The predicted molar refractivity (Wildman–Crippen MR) is 92.6 cm³/mol. The van der Waals surface area contributed by atoms with Crippen LogP contribution in [0.2, 0.25) is 0 Å². The smallest absolute Gasteiger partial charge is 0.115 e. The molecule has 0 aliphatic rings. The third-order valence-electron chi connectivity index (χ3n) is 3.51. The standard InChI is InChI=1S/C19H14N4/c1-3-7-15(8-4-1)14-20-16-11-12-18-19(13-16)22-23(21-18)17-9-5-2-6-10-17/h1-14H. The maximum atomic E-state index is 4.53. The van der Waals surface area contributed by atoms with Crippen LogP contribution in [-0.2, 0) is 0 Å². The summed E-state index contributed by atoms with van der Waals surface area (Å²) in [6.45, 7) is 0. The molecule has 3 aromatic carbocycles. The lowest BCUT2D eigenvalue weighted by Crippen LogP contribution is -1.97. The summed E-state index contributed by atoms with van der Waals surface area (Å²) >= 11 is 0. The SMILES string of the molecule is C(=Nc1ccc2nn(-c3ccccc3)nc2c1)c1ccccc1. The molecule has 0 radical (unpaired) electrons. The second kappa shape index (κ2) is 5.85. The monoisotopic (exact) mass is 298 g/mol. The van der Waals surface area contributed by atoms with E-state index in [1.807, 2.05) is 85.1 Å². The van der Waals surface area contributed by atoms with Crippen molar-refractivity contribution in [2.24, 2.45) is 4.99 Å². The number of fused-ring (bicyclic) bond motifs is 1. The average Bonchev–Trinajstić information content (AvgIpc) is 3.05. The number of para-hydroxylation sites is 1. The van der Waals surface area contributed by atoms with E-state index in [2.05, 4.69) is 15.2 Å². The Labute approximate surface area is 133 Å². The normalized spacial score (nSPS) is 11.3. The molecule has 23 heavy (non-hydrogen) atoms. The minimum absolute atomic E-state index is 0.830. The van der Waals surface area contributed by atoms with E-state index < -0.39 is 0 Å². The lowest BCUT2D eigenvalue weighted by Gasteiger charge is -1.96. The van der Waals surface area contributed by atoms with Crippen LogP contribution in [-0.4, -0.2) is 21.2 Å². The lowest BCUT2D eigenvalue weighted by atomic mass is 10.2. The minimum Gasteiger partial charge on any atom is -0.256 e. The molecule has 0 amide bonds. The molecule has 4 aromatic rings. The molecular formula is C19H14N4. The summed E-state index contributed by atoms with van der Waals surface area (Å²) in [4.78, 5) is 6.15. The molecule has 0 spiro atoms. The van der Waals surface area contributed by atoms with Crippen molar-refractivity contribution in [2.45, 2.75) is 0 Å². The van der Waals surface area contributed by atoms with E-state index in [1.165, 1.54) is 0 Å². The Bertz CT molecular complexity index is 957. The van der Waals surface area contributed by atoms with E-state index in [-0.39, 0.29) is 0 Å². The molecule has 0 saturated heterocycles. The van der Waals surface area contributed by atoms with Crippen molar-refractivity contribution < 1.29 is 0 Å². The Balaban J connectivity index is 1.67. The largest absolute Gasteiger partial charge is 0.256 e. The van der Waals surface area contributed by atoms with Gasteiger partial charge in [-0.25, -0.2) is 0 Å².